The maximum atomic E-state index is 15.3. The zero-order valence-corrected chi connectivity index (χ0v) is 46.5. The van der Waals surface area contributed by atoms with Crippen molar-refractivity contribution in [3.63, 3.8) is 0 Å². The maximum Gasteiger partial charge on any atom is 0.407 e. The van der Waals surface area contributed by atoms with Crippen LogP contribution in [-0.4, -0.2) is 82.9 Å². The smallest absolute Gasteiger partial charge is 0.407 e. The number of fused-ring (bicyclic) bond motifs is 1. The van der Waals surface area contributed by atoms with Gasteiger partial charge in [-0.15, -0.1) is 23.1 Å². The Balaban J connectivity index is 0.998. The second kappa shape index (κ2) is 25.0. The lowest BCUT2D eigenvalue weighted by Gasteiger charge is -2.53. The van der Waals surface area contributed by atoms with Gasteiger partial charge in [0.25, 0.3) is 5.91 Å². The molecule has 0 aliphatic carbocycles. The van der Waals surface area contributed by atoms with Crippen molar-refractivity contribution in [2.75, 3.05) is 31.3 Å². The van der Waals surface area contributed by atoms with Gasteiger partial charge in [0.05, 0.1) is 7.11 Å². The summed E-state index contributed by atoms with van der Waals surface area (Å²) in [5.74, 6) is -0.858. The fourth-order valence-corrected chi connectivity index (χ4v) is 12.4. The Labute approximate surface area is 479 Å². The van der Waals surface area contributed by atoms with Crippen LogP contribution in [0.25, 0.3) is 0 Å². The molecule has 7 aromatic carbocycles. The van der Waals surface area contributed by atoms with E-state index in [1.807, 2.05) is 159 Å². The summed E-state index contributed by atoms with van der Waals surface area (Å²) in [6, 6.07) is 65.5. The SMILES string of the molecule is COc1ccc(COC(=O)C2(C=CCOC(=O)NC(C)C)CS[C@@H]3C(NC(=O)C(=NOC(c4ccccc4)(c4ccccc4)c4ccccc4)c4csc(NC(c5ccccc5)(c5ccccc5)c5ccccc5)n4)C(=O)N3C2)cc1. The van der Waals surface area contributed by atoms with Gasteiger partial charge >= 0.3 is 12.1 Å². The van der Waals surface area contributed by atoms with Gasteiger partial charge in [-0.3, -0.25) is 14.4 Å². The summed E-state index contributed by atoms with van der Waals surface area (Å²) in [5.41, 5.74) is 2.22. The lowest BCUT2D eigenvalue weighted by molar-refractivity contribution is -0.160. The fraction of sp³-hybridized carbons (Fsp3) is 0.200. The number of benzene rings is 7. The standard InChI is InChI=1S/C65H60N6O8S2/c1-45(2)66-62(75)77-40-22-39-63(60(74)78-41-46-35-37-53(76-3)38-36-46)43-71-58(73)56(59(71)81-44-63)68-57(72)55(70-79-65(50-29-16-7-17-30-50,51-31-18-8-19-32-51)52-33-20-9-21-34-52)54-42-80-61(67-54)69-64(47-23-10-4-11-24-47,48-25-12-5-13-26-48)49-27-14-6-15-28-49/h4-39,42,45,56,59H,40-41,43-44H2,1-3H3,(H,66,75)(H,67,69)(H,68,72)/t56?,59-,63?/m1/s1. The lowest BCUT2D eigenvalue weighted by atomic mass is 9.77. The third-order valence-corrected chi connectivity index (χ3v) is 16.5. The predicted molar refractivity (Wildman–Crippen MR) is 316 cm³/mol. The van der Waals surface area contributed by atoms with E-state index in [2.05, 4.69) is 52.3 Å². The van der Waals surface area contributed by atoms with Crippen LogP contribution in [0.1, 0.15) is 58.5 Å². The number of thioether (sulfide) groups is 1. The average molecular weight is 1120 g/mol. The van der Waals surface area contributed by atoms with Crippen LogP contribution < -0.4 is 20.7 Å². The van der Waals surface area contributed by atoms with Gasteiger partial charge in [0.1, 0.15) is 47.0 Å². The Hall–Kier alpha value is -8.99. The van der Waals surface area contributed by atoms with Crippen molar-refractivity contribution in [2.24, 2.45) is 10.6 Å². The van der Waals surface area contributed by atoms with Gasteiger partial charge in [0, 0.05) is 40.4 Å². The Morgan fingerprint density at radius 1 is 0.716 bits per heavy atom. The third kappa shape index (κ3) is 11.8. The number of carbonyl (C=O) groups excluding carboxylic acids is 4. The topological polar surface area (TPSA) is 170 Å². The molecule has 0 bridgehead atoms. The Kier molecular flexibility index (Phi) is 17.1. The van der Waals surface area contributed by atoms with Gasteiger partial charge < -0.3 is 39.9 Å². The summed E-state index contributed by atoms with van der Waals surface area (Å²) >= 11 is 2.63. The van der Waals surface area contributed by atoms with Crippen LogP contribution in [0, 0.1) is 5.41 Å². The largest absolute Gasteiger partial charge is 0.497 e. The van der Waals surface area contributed by atoms with Crippen LogP contribution in [0.2, 0.25) is 0 Å². The Morgan fingerprint density at radius 3 is 1.72 bits per heavy atom. The average Bonchev–Trinajstić information content (AvgIpc) is 4.02. The van der Waals surface area contributed by atoms with Crippen molar-refractivity contribution >= 4 is 57.8 Å². The first-order valence-corrected chi connectivity index (χ1v) is 28.4. The molecule has 2 saturated heterocycles. The van der Waals surface area contributed by atoms with Crippen LogP contribution in [-0.2, 0) is 46.4 Å². The molecular formula is C65H60N6O8S2. The summed E-state index contributed by atoms with van der Waals surface area (Å²) < 4.78 is 16.6. The first-order chi connectivity index (χ1) is 39.5. The van der Waals surface area contributed by atoms with Crippen LogP contribution >= 0.6 is 23.1 Å². The molecule has 16 heteroatoms. The van der Waals surface area contributed by atoms with Crippen molar-refractivity contribution < 1.29 is 38.2 Å². The van der Waals surface area contributed by atoms with Gasteiger partial charge in [-0.05, 0) is 54.3 Å². The summed E-state index contributed by atoms with van der Waals surface area (Å²) in [6.45, 7) is 3.42. The van der Waals surface area contributed by atoms with Crippen LogP contribution in [0.3, 0.4) is 0 Å². The second-order valence-electron chi connectivity index (χ2n) is 19.8. The molecule has 2 aliphatic heterocycles. The molecular weight excluding hydrogens is 1060 g/mol. The third-order valence-electron chi connectivity index (χ3n) is 14.2. The number of hydrogen-bond donors (Lipinski definition) is 3. The fourth-order valence-electron chi connectivity index (χ4n) is 10.2. The molecule has 0 saturated carbocycles. The Bertz CT molecular complexity index is 3290. The number of nitrogens with one attached hydrogen (secondary N) is 3. The summed E-state index contributed by atoms with van der Waals surface area (Å²) in [7, 11) is 1.57. The first kappa shape index (κ1) is 55.3. The van der Waals surface area contributed by atoms with Crippen molar-refractivity contribution in [1.29, 1.82) is 0 Å². The molecule has 3 atom stereocenters. The van der Waals surface area contributed by atoms with Crippen molar-refractivity contribution in [2.45, 2.75) is 49.1 Å². The summed E-state index contributed by atoms with van der Waals surface area (Å²) in [5, 5.41) is 16.1. The number of esters is 1. The molecule has 1 aromatic heterocycles. The Morgan fingerprint density at radius 2 is 1.22 bits per heavy atom. The molecule has 3 heterocycles. The number of rotatable bonds is 21. The quantitative estimate of drug-likeness (QED) is 0.0156. The summed E-state index contributed by atoms with van der Waals surface area (Å²) in [6.07, 6.45) is 2.62. The molecule has 0 spiro atoms. The highest BCUT2D eigenvalue weighted by Gasteiger charge is 2.57. The number of hydrogen-bond acceptors (Lipinski definition) is 13. The number of oxime groups is 1. The second-order valence-corrected chi connectivity index (χ2v) is 21.8. The first-order valence-electron chi connectivity index (χ1n) is 26.5. The monoisotopic (exact) mass is 1120 g/mol. The molecule has 10 rings (SSSR count). The van der Waals surface area contributed by atoms with E-state index in [1.54, 1.807) is 53.8 Å². The van der Waals surface area contributed by atoms with E-state index in [9.17, 15) is 14.4 Å². The molecule has 14 nitrogen and oxygen atoms in total. The highest BCUT2D eigenvalue weighted by atomic mass is 32.2. The summed E-state index contributed by atoms with van der Waals surface area (Å²) in [4.78, 5) is 70.2. The van der Waals surface area contributed by atoms with E-state index in [1.165, 1.54) is 23.1 Å². The number of thiazole rings is 1. The van der Waals surface area contributed by atoms with Gasteiger partial charge in [-0.1, -0.05) is 205 Å². The minimum absolute atomic E-state index is 0.0314. The number of alkyl carbamates (subject to hydrolysis) is 1. The number of amides is 3. The van der Waals surface area contributed by atoms with Crippen molar-refractivity contribution in [3.05, 3.63) is 268 Å². The number of nitrogens with zero attached hydrogens (tertiary/aromatic N) is 3. The van der Waals surface area contributed by atoms with E-state index < -0.39 is 51.8 Å². The molecule has 2 unspecified atom stereocenters. The number of aromatic nitrogens is 1. The number of anilines is 1. The van der Waals surface area contributed by atoms with E-state index in [0.29, 0.717) is 10.9 Å². The normalized spacial score (nSPS) is 17.1. The van der Waals surface area contributed by atoms with E-state index >= 15 is 4.79 Å². The number of methoxy groups -OCH3 is 1. The number of β-lactam (4-membered cyclic amide) rings is 1. The van der Waals surface area contributed by atoms with Gasteiger partial charge in [0.15, 0.2) is 10.8 Å². The number of ether oxygens (including phenoxy) is 3. The zero-order chi connectivity index (χ0) is 56.2. The van der Waals surface area contributed by atoms with Crippen molar-refractivity contribution in [1.82, 2.24) is 20.5 Å². The van der Waals surface area contributed by atoms with E-state index in [0.717, 1.165) is 38.9 Å². The van der Waals surface area contributed by atoms with Crippen LogP contribution in [0.4, 0.5) is 9.93 Å². The zero-order valence-electron chi connectivity index (χ0n) is 44.8. The molecule has 3 N–H and O–H groups in total. The molecule has 2 fully saturated rings. The van der Waals surface area contributed by atoms with Crippen LogP contribution in [0.5, 0.6) is 5.75 Å². The van der Waals surface area contributed by atoms with Gasteiger partial charge in [-0.2, -0.15) is 0 Å². The molecule has 0 radical (unpaired) electrons. The predicted octanol–water partition coefficient (Wildman–Crippen LogP) is 11.1. The molecule has 3 amide bonds. The molecule has 2 aliphatic rings. The highest BCUT2D eigenvalue weighted by Crippen LogP contribution is 2.45. The van der Waals surface area contributed by atoms with Gasteiger partial charge in [0.2, 0.25) is 11.5 Å². The number of carbonyl (C=O) groups is 4. The van der Waals surface area contributed by atoms with Crippen molar-refractivity contribution in [3.8, 4) is 5.75 Å². The van der Waals surface area contributed by atoms with Crippen LogP contribution in [0.15, 0.2) is 229 Å². The maximum absolute atomic E-state index is 15.3. The van der Waals surface area contributed by atoms with E-state index in [4.69, 9.17) is 29.2 Å². The highest BCUT2D eigenvalue weighted by molar-refractivity contribution is 8.00. The molecule has 81 heavy (non-hydrogen) atoms. The molecule has 8 aromatic rings. The van der Waals surface area contributed by atoms with E-state index in [-0.39, 0.29) is 43.0 Å². The van der Waals surface area contributed by atoms with Gasteiger partial charge in [-0.25, -0.2) is 9.78 Å². The molecule has 410 valence electrons. The lowest BCUT2D eigenvalue weighted by Crippen LogP contribution is -2.74. The minimum Gasteiger partial charge on any atom is -0.497 e. The minimum atomic E-state index is -1.38.